The van der Waals surface area contributed by atoms with Crippen molar-refractivity contribution in [3.63, 3.8) is 0 Å². The van der Waals surface area contributed by atoms with Crippen LogP contribution in [0.2, 0.25) is 0 Å². The molecule has 0 rings (SSSR count). The minimum Gasteiger partial charge on any atom is -0.466 e. The van der Waals surface area contributed by atoms with Crippen LogP contribution in [0, 0.1) is 0 Å². The van der Waals surface area contributed by atoms with Gasteiger partial charge in [0, 0.05) is 31.4 Å². The van der Waals surface area contributed by atoms with Gasteiger partial charge in [0.2, 0.25) is 0 Å². The van der Waals surface area contributed by atoms with Crippen LogP contribution in [0.15, 0.2) is 0 Å². The largest absolute Gasteiger partial charge is 0.466 e. The van der Waals surface area contributed by atoms with Crippen LogP contribution in [-0.4, -0.2) is 43.5 Å². The molecule has 0 aliphatic carbocycles. The van der Waals surface area contributed by atoms with Crippen molar-refractivity contribution in [2.45, 2.75) is 46.1 Å². The zero-order valence-electron chi connectivity index (χ0n) is 12.3. The first-order valence-electron chi connectivity index (χ1n) is 6.88. The van der Waals surface area contributed by atoms with Crippen LogP contribution < -0.4 is 5.32 Å². The van der Waals surface area contributed by atoms with E-state index in [9.17, 15) is 4.79 Å². The predicted molar refractivity (Wildman–Crippen MR) is 84.5 cm³/mol. The molecule has 1 N–H and O–H groups in total. The highest BCUT2D eigenvalue weighted by Gasteiger charge is 2.00. The molecule has 0 aromatic rings. The van der Waals surface area contributed by atoms with Crippen LogP contribution in [0.25, 0.3) is 0 Å². The first kappa shape index (κ1) is 19.1. The molecular formula is C13H27NO3S2. The van der Waals surface area contributed by atoms with E-state index in [1.54, 1.807) is 10.8 Å². The summed E-state index contributed by atoms with van der Waals surface area (Å²) in [5, 5.41) is 3.37. The Morgan fingerprint density at radius 3 is 2.74 bits per heavy atom. The van der Waals surface area contributed by atoms with Crippen LogP contribution in [0.3, 0.4) is 0 Å². The van der Waals surface area contributed by atoms with E-state index in [-0.39, 0.29) is 5.97 Å². The van der Waals surface area contributed by atoms with E-state index in [0.29, 0.717) is 25.0 Å². The van der Waals surface area contributed by atoms with Crippen LogP contribution in [-0.2, 0) is 14.3 Å². The number of hydrogen-bond acceptors (Lipinski definition) is 6. The van der Waals surface area contributed by atoms with E-state index in [1.807, 2.05) is 17.7 Å². The Labute approximate surface area is 125 Å². The van der Waals surface area contributed by atoms with E-state index in [4.69, 9.17) is 9.47 Å². The molecule has 0 fully saturated rings. The summed E-state index contributed by atoms with van der Waals surface area (Å²) in [6, 6.07) is 0.557. The number of esters is 1. The monoisotopic (exact) mass is 309 g/mol. The Balaban J connectivity index is 3.05. The Morgan fingerprint density at radius 2 is 2.05 bits per heavy atom. The number of hydrogen-bond donors (Lipinski definition) is 1. The fourth-order valence-electron chi connectivity index (χ4n) is 1.28. The Hall–Kier alpha value is 0.0900. The molecule has 0 radical (unpaired) electrons. The maximum Gasteiger partial charge on any atom is 0.305 e. The molecule has 6 heteroatoms. The molecule has 0 saturated heterocycles. The topological polar surface area (TPSA) is 47.6 Å². The van der Waals surface area contributed by atoms with Gasteiger partial charge < -0.3 is 14.8 Å². The number of carbonyl (C=O) groups excluding carboxylic acids is 1. The van der Waals surface area contributed by atoms with Crippen molar-refractivity contribution < 1.29 is 14.3 Å². The standard InChI is InChI=1S/C13H27NO3S2/c1-4-17-13(15)7-5-6-9-16-11-19-18-10-8-14-12(2)3/h12,14H,4-11H2,1-3H3. The molecule has 0 unspecified atom stereocenters. The van der Waals surface area contributed by atoms with E-state index in [0.717, 1.165) is 31.7 Å². The first-order valence-corrected chi connectivity index (χ1v) is 9.36. The fourth-order valence-corrected chi connectivity index (χ4v) is 2.87. The quantitative estimate of drug-likeness (QED) is 0.244. The van der Waals surface area contributed by atoms with Gasteiger partial charge in [0.05, 0.1) is 6.61 Å². The second-order valence-corrected chi connectivity index (χ2v) is 6.87. The molecule has 0 heterocycles. The number of rotatable bonds is 13. The number of ether oxygens (including phenoxy) is 2. The van der Waals surface area contributed by atoms with E-state index in [1.165, 1.54) is 0 Å². The zero-order chi connectivity index (χ0) is 14.3. The molecule has 0 aromatic carbocycles. The van der Waals surface area contributed by atoms with Gasteiger partial charge in [0.15, 0.2) is 0 Å². The maximum atomic E-state index is 11.1. The normalized spacial score (nSPS) is 10.9. The smallest absolute Gasteiger partial charge is 0.305 e. The molecule has 0 bridgehead atoms. The van der Waals surface area contributed by atoms with Gasteiger partial charge in [0.25, 0.3) is 0 Å². The number of nitrogens with one attached hydrogen (secondary N) is 1. The van der Waals surface area contributed by atoms with Crippen molar-refractivity contribution in [2.24, 2.45) is 0 Å². The number of unbranched alkanes of at least 4 members (excludes halogenated alkanes) is 1. The summed E-state index contributed by atoms with van der Waals surface area (Å²) < 4.78 is 10.3. The lowest BCUT2D eigenvalue weighted by Crippen LogP contribution is -2.24. The third-order valence-corrected chi connectivity index (χ3v) is 4.27. The molecule has 0 aliphatic heterocycles. The van der Waals surface area contributed by atoms with E-state index >= 15 is 0 Å². The molecule has 0 atom stereocenters. The highest BCUT2D eigenvalue weighted by molar-refractivity contribution is 8.76. The first-order chi connectivity index (χ1) is 9.16. The van der Waals surface area contributed by atoms with Crippen molar-refractivity contribution in [1.29, 1.82) is 0 Å². The minimum absolute atomic E-state index is 0.106. The average molecular weight is 309 g/mol. The van der Waals surface area contributed by atoms with Crippen LogP contribution in [0.5, 0.6) is 0 Å². The third-order valence-electron chi connectivity index (χ3n) is 2.18. The van der Waals surface area contributed by atoms with Crippen molar-refractivity contribution in [3.8, 4) is 0 Å². The third kappa shape index (κ3) is 16.0. The van der Waals surface area contributed by atoms with Crippen molar-refractivity contribution >= 4 is 27.6 Å². The van der Waals surface area contributed by atoms with Gasteiger partial charge in [-0.1, -0.05) is 35.4 Å². The number of carbonyl (C=O) groups is 1. The lowest BCUT2D eigenvalue weighted by Gasteiger charge is -2.07. The Bertz CT molecular complexity index is 216. The van der Waals surface area contributed by atoms with E-state index < -0.39 is 0 Å². The van der Waals surface area contributed by atoms with Crippen molar-refractivity contribution in [2.75, 3.05) is 31.5 Å². The lowest BCUT2D eigenvalue weighted by molar-refractivity contribution is -0.143. The summed E-state index contributed by atoms with van der Waals surface area (Å²) in [5.74, 6) is 1.70. The van der Waals surface area contributed by atoms with Crippen molar-refractivity contribution in [1.82, 2.24) is 5.32 Å². The molecule has 0 saturated carbocycles. The second-order valence-electron chi connectivity index (χ2n) is 4.34. The van der Waals surface area contributed by atoms with Gasteiger partial charge in [-0.25, -0.2) is 0 Å². The molecule has 0 spiro atoms. The van der Waals surface area contributed by atoms with Gasteiger partial charge in [-0.15, -0.1) is 0 Å². The van der Waals surface area contributed by atoms with Crippen molar-refractivity contribution in [3.05, 3.63) is 0 Å². The Kier molecular flexibility index (Phi) is 14.6. The predicted octanol–water partition coefficient (Wildman–Crippen LogP) is 3.07. The summed E-state index contributed by atoms with van der Waals surface area (Å²) in [5.41, 5.74) is 0. The van der Waals surface area contributed by atoms with Crippen LogP contribution >= 0.6 is 21.6 Å². The van der Waals surface area contributed by atoms with Gasteiger partial charge in [0.1, 0.15) is 5.94 Å². The van der Waals surface area contributed by atoms with Crippen LogP contribution in [0.1, 0.15) is 40.0 Å². The molecule has 0 aromatic heterocycles. The van der Waals surface area contributed by atoms with Crippen LogP contribution in [0.4, 0.5) is 0 Å². The molecule has 19 heavy (non-hydrogen) atoms. The van der Waals surface area contributed by atoms with Gasteiger partial charge in [-0.3, -0.25) is 4.79 Å². The Morgan fingerprint density at radius 1 is 1.26 bits per heavy atom. The molecule has 4 nitrogen and oxygen atoms in total. The molecular weight excluding hydrogens is 282 g/mol. The zero-order valence-corrected chi connectivity index (χ0v) is 13.9. The van der Waals surface area contributed by atoms with Gasteiger partial charge >= 0.3 is 5.97 Å². The fraction of sp³-hybridized carbons (Fsp3) is 0.923. The molecule has 0 amide bonds. The average Bonchev–Trinajstić information content (AvgIpc) is 2.36. The highest BCUT2D eigenvalue weighted by atomic mass is 33.1. The molecule has 0 aliphatic rings. The van der Waals surface area contributed by atoms with Gasteiger partial charge in [-0.05, 0) is 19.8 Å². The summed E-state index contributed by atoms with van der Waals surface area (Å²) in [7, 11) is 3.57. The lowest BCUT2D eigenvalue weighted by atomic mass is 10.2. The summed E-state index contributed by atoms with van der Waals surface area (Å²) in [4.78, 5) is 11.1. The summed E-state index contributed by atoms with van der Waals surface area (Å²) in [6.07, 6.45) is 2.26. The maximum absolute atomic E-state index is 11.1. The highest BCUT2D eigenvalue weighted by Crippen LogP contribution is 2.20. The summed E-state index contributed by atoms with van der Waals surface area (Å²) >= 11 is 0. The minimum atomic E-state index is -0.106. The second kappa shape index (κ2) is 14.5. The summed E-state index contributed by atoms with van der Waals surface area (Å²) in [6.45, 7) is 8.35. The van der Waals surface area contributed by atoms with E-state index in [2.05, 4.69) is 19.2 Å². The SMILES string of the molecule is CCOC(=O)CCCCOCSSCCNC(C)C. The molecule has 114 valence electrons. The van der Waals surface area contributed by atoms with Gasteiger partial charge in [-0.2, -0.15) is 0 Å².